The second kappa shape index (κ2) is 8.29. The standard InChI is InChI=1S/C19H23ClN2O3S/c1-25-18-10-7-16(20)13-19(18)26(23,24)21-14-15-5-8-17(9-6-15)22-11-3-2-4-12-22/h5-10,13,21H,2-4,11-12,14H2,1H3. The summed E-state index contributed by atoms with van der Waals surface area (Å²) in [6.45, 7) is 2.37. The third-order valence-electron chi connectivity index (χ3n) is 4.54. The average Bonchev–Trinajstić information content (AvgIpc) is 2.67. The fourth-order valence-electron chi connectivity index (χ4n) is 3.09. The number of rotatable bonds is 6. The summed E-state index contributed by atoms with van der Waals surface area (Å²) >= 11 is 5.94. The van der Waals surface area contributed by atoms with Crippen LogP contribution in [-0.2, 0) is 16.6 Å². The molecule has 0 unspecified atom stereocenters. The van der Waals surface area contributed by atoms with Gasteiger partial charge in [0, 0.05) is 30.3 Å². The molecule has 0 radical (unpaired) electrons. The summed E-state index contributed by atoms with van der Waals surface area (Å²) in [5.41, 5.74) is 2.09. The SMILES string of the molecule is COc1ccc(Cl)cc1S(=O)(=O)NCc1ccc(N2CCCCC2)cc1. The van der Waals surface area contributed by atoms with Crippen LogP contribution in [0.5, 0.6) is 5.75 Å². The molecule has 1 saturated heterocycles. The smallest absolute Gasteiger partial charge is 0.244 e. The van der Waals surface area contributed by atoms with Crippen molar-refractivity contribution in [3.05, 3.63) is 53.1 Å². The van der Waals surface area contributed by atoms with E-state index in [1.807, 2.05) is 12.1 Å². The zero-order chi connectivity index (χ0) is 18.6. The highest BCUT2D eigenvalue weighted by Gasteiger charge is 2.20. The molecule has 2 aromatic carbocycles. The minimum absolute atomic E-state index is 0.0393. The molecule has 0 aliphatic carbocycles. The molecule has 0 amide bonds. The lowest BCUT2D eigenvalue weighted by atomic mass is 10.1. The van der Waals surface area contributed by atoms with Crippen LogP contribution >= 0.6 is 11.6 Å². The molecule has 1 aliphatic heterocycles. The Hall–Kier alpha value is -1.76. The lowest BCUT2D eigenvalue weighted by molar-refractivity contribution is 0.402. The van der Waals surface area contributed by atoms with Crippen molar-refractivity contribution >= 4 is 27.3 Å². The van der Waals surface area contributed by atoms with Gasteiger partial charge in [0.15, 0.2) is 0 Å². The number of sulfonamides is 1. The minimum Gasteiger partial charge on any atom is -0.495 e. The minimum atomic E-state index is -3.72. The van der Waals surface area contributed by atoms with Crippen molar-refractivity contribution in [3.8, 4) is 5.75 Å². The molecule has 0 atom stereocenters. The van der Waals surface area contributed by atoms with Crippen LogP contribution < -0.4 is 14.4 Å². The van der Waals surface area contributed by atoms with E-state index in [1.165, 1.54) is 38.1 Å². The van der Waals surface area contributed by atoms with Crippen molar-refractivity contribution in [2.45, 2.75) is 30.7 Å². The highest BCUT2D eigenvalue weighted by atomic mass is 35.5. The maximum atomic E-state index is 12.6. The van der Waals surface area contributed by atoms with Crippen LogP contribution in [-0.4, -0.2) is 28.6 Å². The van der Waals surface area contributed by atoms with Crippen molar-refractivity contribution in [2.24, 2.45) is 0 Å². The van der Waals surface area contributed by atoms with Crippen LogP contribution in [0.3, 0.4) is 0 Å². The van der Waals surface area contributed by atoms with E-state index in [9.17, 15) is 8.42 Å². The van der Waals surface area contributed by atoms with Gasteiger partial charge in [0.05, 0.1) is 7.11 Å². The van der Waals surface area contributed by atoms with Gasteiger partial charge in [-0.25, -0.2) is 13.1 Å². The van der Waals surface area contributed by atoms with E-state index in [0.717, 1.165) is 18.7 Å². The van der Waals surface area contributed by atoms with Crippen molar-refractivity contribution in [3.63, 3.8) is 0 Å². The highest BCUT2D eigenvalue weighted by molar-refractivity contribution is 7.89. The first-order valence-electron chi connectivity index (χ1n) is 8.67. The quantitative estimate of drug-likeness (QED) is 0.809. The number of ether oxygens (including phenoxy) is 1. The Balaban J connectivity index is 1.69. The molecule has 0 bridgehead atoms. The zero-order valence-corrected chi connectivity index (χ0v) is 16.3. The van der Waals surface area contributed by atoms with Crippen LogP contribution in [0.4, 0.5) is 5.69 Å². The monoisotopic (exact) mass is 394 g/mol. The third kappa shape index (κ3) is 4.50. The van der Waals surface area contributed by atoms with Gasteiger partial charge in [-0.1, -0.05) is 23.7 Å². The predicted octanol–water partition coefficient (Wildman–Crippen LogP) is 3.82. The van der Waals surface area contributed by atoms with Crippen LogP contribution in [0, 0.1) is 0 Å². The van der Waals surface area contributed by atoms with Crippen LogP contribution in [0.15, 0.2) is 47.4 Å². The van der Waals surface area contributed by atoms with E-state index >= 15 is 0 Å². The second-order valence-electron chi connectivity index (χ2n) is 6.33. The van der Waals surface area contributed by atoms with Crippen molar-refractivity contribution in [1.29, 1.82) is 0 Å². The van der Waals surface area contributed by atoms with Crippen molar-refractivity contribution in [1.82, 2.24) is 4.72 Å². The first-order valence-corrected chi connectivity index (χ1v) is 10.5. The lowest BCUT2D eigenvalue weighted by Crippen LogP contribution is -2.29. The molecule has 1 heterocycles. The molecular weight excluding hydrogens is 372 g/mol. The van der Waals surface area contributed by atoms with E-state index < -0.39 is 10.0 Å². The Morgan fingerprint density at radius 3 is 2.42 bits per heavy atom. The van der Waals surface area contributed by atoms with Crippen LogP contribution in [0.1, 0.15) is 24.8 Å². The number of hydrogen-bond acceptors (Lipinski definition) is 4. The molecule has 26 heavy (non-hydrogen) atoms. The summed E-state index contributed by atoms with van der Waals surface area (Å²) in [5, 5.41) is 0.344. The molecule has 1 N–H and O–H groups in total. The van der Waals surface area contributed by atoms with Crippen molar-refractivity contribution in [2.75, 3.05) is 25.1 Å². The third-order valence-corrected chi connectivity index (χ3v) is 6.20. The molecule has 3 rings (SSSR count). The van der Waals surface area contributed by atoms with E-state index in [-0.39, 0.29) is 17.2 Å². The Morgan fingerprint density at radius 2 is 1.77 bits per heavy atom. The maximum Gasteiger partial charge on any atom is 0.244 e. The molecule has 5 nitrogen and oxygen atoms in total. The topological polar surface area (TPSA) is 58.6 Å². The Kier molecular flexibility index (Phi) is 6.06. The number of benzene rings is 2. The van der Waals surface area contributed by atoms with Gasteiger partial charge in [-0.05, 0) is 55.2 Å². The van der Waals surface area contributed by atoms with Gasteiger partial charge in [0.1, 0.15) is 10.6 Å². The van der Waals surface area contributed by atoms with Gasteiger partial charge in [0.25, 0.3) is 0 Å². The summed E-state index contributed by atoms with van der Waals surface area (Å²) in [7, 11) is -2.29. The second-order valence-corrected chi connectivity index (χ2v) is 8.51. The lowest BCUT2D eigenvalue weighted by Gasteiger charge is -2.28. The molecule has 7 heteroatoms. The Bertz CT molecular complexity index is 848. The first-order chi connectivity index (χ1) is 12.5. The van der Waals surface area contributed by atoms with Crippen LogP contribution in [0.2, 0.25) is 5.02 Å². The summed E-state index contributed by atoms with van der Waals surface area (Å²) in [6, 6.07) is 12.6. The van der Waals surface area contributed by atoms with Crippen molar-refractivity contribution < 1.29 is 13.2 Å². The molecule has 2 aromatic rings. The van der Waals surface area contributed by atoms with Gasteiger partial charge >= 0.3 is 0 Å². The number of methoxy groups -OCH3 is 1. The molecule has 1 aliphatic rings. The van der Waals surface area contributed by atoms with Crippen LogP contribution in [0.25, 0.3) is 0 Å². The van der Waals surface area contributed by atoms with E-state index in [0.29, 0.717) is 5.02 Å². The number of halogens is 1. The fraction of sp³-hybridized carbons (Fsp3) is 0.368. The number of anilines is 1. The zero-order valence-electron chi connectivity index (χ0n) is 14.7. The summed E-state index contributed by atoms with van der Waals surface area (Å²) in [4.78, 5) is 2.41. The van der Waals surface area contributed by atoms with Gasteiger partial charge in [-0.15, -0.1) is 0 Å². The Morgan fingerprint density at radius 1 is 1.08 bits per heavy atom. The molecule has 0 spiro atoms. The predicted molar refractivity (Wildman–Crippen MR) is 105 cm³/mol. The Labute approximate surface area is 160 Å². The molecule has 140 valence electrons. The molecule has 1 fully saturated rings. The highest BCUT2D eigenvalue weighted by Crippen LogP contribution is 2.27. The molecule has 0 saturated carbocycles. The maximum absolute atomic E-state index is 12.6. The number of nitrogens with one attached hydrogen (secondary N) is 1. The number of nitrogens with zero attached hydrogens (tertiary/aromatic N) is 1. The van der Waals surface area contributed by atoms with E-state index in [4.69, 9.17) is 16.3 Å². The molecule has 0 aromatic heterocycles. The summed E-state index contributed by atoms with van der Waals surface area (Å²) in [5.74, 6) is 0.266. The van der Waals surface area contributed by atoms with Gasteiger partial charge in [-0.3, -0.25) is 0 Å². The van der Waals surface area contributed by atoms with E-state index in [2.05, 4.69) is 21.8 Å². The average molecular weight is 395 g/mol. The number of hydrogen-bond donors (Lipinski definition) is 1. The van der Waals surface area contributed by atoms with Gasteiger partial charge < -0.3 is 9.64 Å². The molecular formula is C19H23ClN2O3S. The normalized spacial score (nSPS) is 15.1. The van der Waals surface area contributed by atoms with Gasteiger partial charge in [-0.2, -0.15) is 0 Å². The van der Waals surface area contributed by atoms with E-state index in [1.54, 1.807) is 12.1 Å². The fourth-order valence-corrected chi connectivity index (χ4v) is 4.54. The van der Waals surface area contributed by atoms with Gasteiger partial charge in [0.2, 0.25) is 10.0 Å². The largest absolute Gasteiger partial charge is 0.495 e. The first kappa shape index (κ1) is 19.0. The number of piperidine rings is 1. The summed E-state index contributed by atoms with van der Waals surface area (Å²) in [6.07, 6.45) is 3.75. The summed E-state index contributed by atoms with van der Waals surface area (Å²) < 4.78 is 32.9.